The number of rotatable bonds is 4. The molecule has 1 heterocycles. The number of anilines is 2. The van der Waals surface area contributed by atoms with Crippen molar-refractivity contribution >= 4 is 22.3 Å². The Morgan fingerprint density at radius 1 is 1.38 bits per heavy atom. The molecule has 0 saturated heterocycles. The molecular formula is C10H14N4O2. The second-order valence-corrected chi connectivity index (χ2v) is 3.60. The van der Waals surface area contributed by atoms with Crippen LogP contribution in [-0.4, -0.2) is 39.7 Å². The van der Waals surface area contributed by atoms with E-state index >= 15 is 0 Å². The Kier molecular flexibility index (Phi) is 2.93. The Bertz CT molecular complexity index is 479. The van der Waals surface area contributed by atoms with E-state index < -0.39 is 6.04 Å². The molecule has 86 valence electrons. The van der Waals surface area contributed by atoms with E-state index in [9.17, 15) is 0 Å². The van der Waals surface area contributed by atoms with Crippen LogP contribution < -0.4 is 11.1 Å². The number of nitrogens with zero attached hydrogens (tertiary/aromatic N) is 1. The van der Waals surface area contributed by atoms with Gasteiger partial charge in [-0.3, -0.25) is 5.10 Å². The van der Waals surface area contributed by atoms with E-state index in [4.69, 9.17) is 15.9 Å². The summed E-state index contributed by atoms with van der Waals surface area (Å²) in [7, 11) is 0. The maximum absolute atomic E-state index is 8.97. The minimum absolute atomic E-state index is 0.156. The lowest BCUT2D eigenvalue weighted by Crippen LogP contribution is -2.28. The number of benzene rings is 1. The van der Waals surface area contributed by atoms with Crippen LogP contribution in [0.3, 0.4) is 0 Å². The number of aromatic nitrogens is 2. The zero-order valence-corrected chi connectivity index (χ0v) is 8.64. The van der Waals surface area contributed by atoms with E-state index in [2.05, 4.69) is 15.5 Å². The van der Waals surface area contributed by atoms with Gasteiger partial charge in [0.05, 0.1) is 42.3 Å². The van der Waals surface area contributed by atoms with Crippen LogP contribution in [0.15, 0.2) is 18.3 Å². The van der Waals surface area contributed by atoms with Gasteiger partial charge in [0, 0.05) is 5.39 Å². The molecule has 1 aromatic heterocycles. The van der Waals surface area contributed by atoms with Gasteiger partial charge in [-0.15, -0.1) is 0 Å². The van der Waals surface area contributed by atoms with Crippen molar-refractivity contribution in [3.8, 4) is 0 Å². The lowest BCUT2D eigenvalue weighted by molar-refractivity contribution is 0.204. The minimum Gasteiger partial charge on any atom is -0.397 e. The smallest absolute Gasteiger partial charge is 0.0723 e. The normalized spacial score (nSPS) is 11.2. The van der Waals surface area contributed by atoms with E-state index in [1.165, 1.54) is 0 Å². The number of nitrogens with two attached hydrogens (primary N) is 1. The van der Waals surface area contributed by atoms with Crippen LogP contribution in [0.5, 0.6) is 0 Å². The first kappa shape index (κ1) is 10.7. The Morgan fingerprint density at radius 2 is 2.12 bits per heavy atom. The van der Waals surface area contributed by atoms with Crippen molar-refractivity contribution in [2.75, 3.05) is 24.3 Å². The molecule has 6 N–H and O–H groups in total. The average Bonchev–Trinajstić information content (AvgIpc) is 2.72. The number of aliphatic hydroxyl groups excluding tert-OH is 2. The summed E-state index contributed by atoms with van der Waals surface area (Å²) < 4.78 is 0. The molecular weight excluding hydrogens is 208 g/mol. The SMILES string of the molecule is Nc1cc2cn[nH]c2cc1NC(CO)CO. The summed E-state index contributed by atoms with van der Waals surface area (Å²) in [6.07, 6.45) is 1.69. The fourth-order valence-corrected chi connectivity index (χ4v) is 1.50. The van der Waals surface area contributed by atoms with Gasteiger partial charge in [-0.1, -0.05) is 0 Å². The molecule has 0 bridgehead atoms. The van der Waals surface area contributed by atoms with Crippen molar-refractivity contribution in [1.82, 2.24) is 10.2 Å². The Morgan fingerprint density at radius 3 is 2.81 bits per heavy atom. The summed E-state index contributed by atoms with van der Waals surface area (Å²) in [4.78, 5) is 0. The van der Waals surface area contributed by atoms with Crippen LogP contribution >= 0.6 is 0 Å². The van der Waals surface area contributed by atoms with Crippen molar-refractivity contribution < 1.29 is 10.2 Å². The second-order valence-electron chi connectivity index (χ2n) is 3.60. The largest absolute Gasteiger partial charge is 0.397 e. The van der Waals surface area contributed by atoms with Crippen LogP contribution in [0, 0.1) is 0 Å². The van der Waals surface area contributed by atoms with Gasteiger partial charge >= 0.3 is 0 Å². The van der Waals surface area contributed by atoms with E-state index in [1.54, 1.807) is 18.3 Å². The molecule has 0 fully saturated rings. The van der Waals surface area contributed by atoms with E-state index in [-0.39, 0.29) is 13.2 Å². The first-order chi connectivity index (χ1) is 7.74. The van der Waals surface area contributed by atoms with Gasteiger partial charge in [0.25, 0.3) is 0 Å². The highest BCUT2D eigenvalue weighted by Gasteiger charge is 2.09. The fraction of sp³-hybridized carbons (Fsp3) is 0.300. The molecule has 0 aliphatic heterocycles. The summed E-state index contributed by atoms with van der Waals surface area (Å²) in [5.41, 5.74) is 7.92. The van der Waals surface area contributed by atoms with E-state index in [0.29, 0.717) is 11.4 Å². The number of nitrogen functional groups attached to an aromatic ring is 1. The molecule has 0 radical (unpaired) electrons. The van der Waals surface area contributed by atoms with E-state index in [1.807, 2.05) is 0 Å². The Labute approximate surface area is 92.1 Å². The van der Waals surface area contributed by atoms with Gasteiger partial charge in [0.15, 0.2) is 0 Å². The molecule has 0 saturated carbocycles. The predicted molar refractivity (Wildman–Crippen MR) is 62.1 cm³/mol. The molecule has 2 aromatic rings. The summed E-state index contributed by atoms with van der Waals surface area (Å²) in [5, 5.41) is 28.5. The molecule has 0 unspecified atom stereocenters. The predicted octanol–water partition coefficient (Wildman–Crippen LogP) is -0.0898. The highest BCUT2D eigenvalue weighted by atomic mass is 16.3. The number of aliphatic hydroxyl groups is 2. The first-order valence-electron chi connectivity index (χ1n) is 4.95. The van der Waals surface area contributed by atoms with Gasteiger partial charge in [0.1, 0.15) is 0 Å². The number of hydrogen-bond acceptors (Lipinski definition) is 5. The third-order valence-electron chi connectivity index (χ3n) is 2.41. The maximum Gasteiger partial charge on any atom is 0.0723 e. The lowest BCUT2D eigenvalue weighted by atomic mass is 10.2. The molecule has 0 aliphatic carbocycles. The van der Waals surface area contributed by atoms with Gasteiger partial charge in [-0.2, -0.15) is 5.10 Å². The standard InChI is InChI=1S/C10H14N4O2/c11-8-1-6-3-12-14-9(6)2-10(8)13-7(4-15)5-16/h1-3,7,13,15-16H,4-5,11H2,(H,12,14). The Balaban J connectivity index is 2.32. The summed E-state index contributed by atoms with van der Waals surface area (Å²) >= 11 is 0. The van der Waals surface area contributed by atoms with Crippen molar-refractivity contribution in [1.29, 1.82) is 0 Å². The monoisotopic (exact) mass is 222 g/mol. The number of fused-ring (bicyclic) bond motifs is 1. The molecule has 0 spiro atoms. The molecule has 0 aliphatic rings. The molecule has 1 aromatic carbocycles. The third-order valence-corrected chi connectivity index (χ3v) is 2.41. The minimum atomic E-state index is -0.414. The molecule has 6 nitrogen and oxygen atoms in total. The molecule has 16 heavy (non-hydrogen) atoms. The maximum atomic E-state index is 8.97. The lowest BCUT2D eigenvalue weighted by Gasteiger charge is -2.16. The van der Waals surface area contributed by atoms with Crippen molar-refractivity contribution in [3.05, 3.63) is 18.3 Å². The van der Waals surface area contributed by atoms with Gasteiger partial charge in [-0.25, -0.2) is 0 Å². The molecule has 6 heteroatoms. The summed E-state index contributed by atoms with van der Waals surface area (Å²) in [6, 6.07) is 3.17. The number of H-pyrrole nitrogens is 1. The number of hydrogen-bond donors (Lipinski definition) is 5. The second kappa shape index (κ2) is 4.38. The number of nitrogens with one attached hydrogen (secondary N) is 2. The zero-order chi connectivity index (χ0) is 11.5. The summed E-state index contributed by atoms with van der Waals surface area (Å²) in [6.45, 7) is -0.312. The summed E-state index contributed by atoms with van der Waals surface area (Å²) in [5.74, 6) is 0. The molecule has 2 rings (SSSR count). The topological polar surface area (TPSA) is 107 Å². The highest BCUT2D eigenvalue weighted by Crippen LogP contribution is 2.25. The van der Waals surface area contributed by atoms with Crippen LogP contribution in [0.25, 0.3) is 10.9 Å². The van der Waals surface area contributed by atoms with Gasteiger partial charge in [-0.05, 0) is 12.1 Å². The van der Waals surface area contributed by atoms with Crippen molar-refractivity contribution in [2.45, 2.75) is 6.04 Å². The fourth-order valence-electron chi connectivity index (χ4n) is 1.50. The van der Waals surface area contributed by atoms with Crippen molar-refractivity contribution in [2.24, 2.45) is 0 Å². The van der Waals surface area contributed by atoms with Crippen molar-refractivity contribution in [3.63, 3.8) is 0 Å². The molecule has 0 atom stereocenters. The first-order valence-corrected chi connectivity index (χ1v) is 4.95. The third kappa shape index (κ3) is 1.93. The molecule has 0 amide bonds. The zero-order valence-electron chi connectivity index (χ0n) is 8.64. The Hall–Kier alpha value is -1.79. The van der Waals surface area contributed by atoms with E-state index in [0.717, 1.165) is 10.9 Å². The van der Waals surface area contributed by atoms with Gasteiger partial charge < -0.3 is 21.3 Å². The van der Waals surface area contributed by atoms with Crippen LogP contribution in [0.2, 0.25) is 0 Å². The number of aromatic amines is 1. The highest BCUT2D eigenvalue weighted by molar-refractivity contribution is 5.88. The van der Waals surface area contributed by atoms with Crippen LogP contribution in [0.1, 0.15) is 0 Å². The quantitative estimate of drug-likeness (QED) is 0.465. The van der Waals surface area contributed by atoms with Gasteiger partial charge in [0.2, 0.25) is 0 Å². The average molecular weight is 222 g/mol. The van der Waals surface area contributed by atoms with Crippen LogP contribution in [-0.2, 0) is 0 Å². The van der Waals surface area contributed by atoms with Crippen LogP contribution in [0.4, 0.5) is 11.4 Å².